The highest BCUT2D eigenvalue weighted by atomic mass is 16.5. The summed E-state index contributed by atoms with van der Waals surface area (Å²) >= 11 is 0. The number of hydrogen-bond donors (Lipinski definition) is 1. The highest BCUT2D eigenvalue weighted by Gasteiger charge is 2.16. The Kier molecular flexibility index (Phi) is 7.25. The molecule has 2 heterocycles. The number of nitrogens with one attached hydrogen (secondary N) is 1. The fraction of sp³-hybridized carbons (Fsp3) is 0.231. The van der Waals surface area contributed by atoms with Crippen LogP contribution in [0.1, 0.15) is 11.1 Å². The number of ether oxygens (including phenoxy) is 2. The van der Waals surface area contributed by atoms with Crippen molar-refractivity contribution in [3.05, 3.63) is 82.3 Å². The number of benzene rings is 2. The first-order valence-corrected chi connectivity index (χ1v) is 11.1. The van der Waals surface area contributed by atoms with E-state index in [1.54, 1.807) is 32.5 Å². The number of hydrogen-bond acceptors (Lipinski definition) is 7. The molecule has 0 saturated heterocycles. The SMILES string of the molecule is COc1ccc(CCNC(=O)Cn2cccc(-c3nc(-c4ccccc4C)no3)c2=O)cc1OC. The van der Waals surface area contributed by atoms with Crippen LogP contribution in [0.3, 0.4) is 0 Å². The first-order chi connectivity index (χ1) is 17.0. The molecule has 180 valence electrons. The zero-order valence-electron chi connectivity index (χ0n) is 19.8. The minimum Gasteiger partial charge on any atom is -0.493 e. The molecular formula is C26H26N4O5. The smallest absolute Gasteiger partial charge is 0.263 e. The van der Waals surface area contributed by atoms with Gasteiger partial charge < -0.3 is 23.9 Å². The van der Waals surface area contributed by atoms with Crippen molar-refractivity contribution in [2.45, 2.75) is 19.9 Å². The van der Waals surface area contributed by atoms with Crippen molar-refractivity contribution < 1.29 is 18.8 Å². The fourth-order valence-corrected chi connectivity index (χ4v) is 3.68. The first-order valence-electron chi connectivity index (χ1n) is 11.1. The Morgan fingerprint density at radius 2 is 1.80 bits per heavy atom. The molecular weight excluding hydrogens is 448 g/mol. The molecule has 0 aliphatic carbocycles. The van der Waals surface area contributed by atoms with E-state index in [2.05, 4.69) is 15.5 Å². The summed E-state index contributed by atoms with van der Waals surface area (Å²) in [5, 5.41) is 6.86. The minimum absolute atomic E-state index is 0.108. The topological polar surface area (TPSA) is 108 Å². The van der Waals surface area contributed by atoms with Gasteiger partial charge in [0.2, 0.25) is 11.7 Å². The molecule has 2 aromatic carbocycles. The van der Waals surface area contributed by atoms with Crippen LogP contribution in [0.4, 0.5) is 0 Å². The lowest BCUT2D eigenvalue weighted by Crippen LogP contribution is -2.33. The molecule has 0 bridgehead atoms. The van der Waals surface area contributed by atoms with Crippen molar-refractivity contribution in [3.63, 3.8) is 0 Å². The van der Waals surface area contributed by atoms with Crippen molar-refractivity contribution >= 4 is 5.91 Å². The van der Waals surface area contributed by atoms with Gasteiger partial charge >= 0.3 is 0 Å². The van der Waals surface area contributed by atoms with Gasteiger partial charge in [0.25, 0.3) is 11.4 Å². The highest BCUT2D eigenvalue weighted by molar-refractivity contribution is 5.75. The number of rotatable bonds is 9. The lowest BCUT2D eigenvalue weighted by Gasteiger charge is -2.11. The zero-order chi connectivity index (χ0) is 24.8. The standard InChI is InChI=1S/C26H26N4O5/c1-17-7-4-5-8-19(17)24-28-25(35-29-24)20-9-6-14-30(26(20)32)16-23(31)27-13-12-18-10-11-21(33-2)22(15-18)34-3/h4-11,14-15H,12-13,16H2,1-3H3,(H,27,31). The Morgan fingerprint density at radius 1 is 1.03 bits per heavy atom. The summed E-state index contributed by atoms with van der Waals surface area (Å²) in [6.07, 6.45) is 2.16. The van der Waals surface area contributed by atoms with Gasteiger partial charge in [-0.25, -0.2) is 0 Å². The van der Waals surface area contributed by atoms with Crippen LogP contribution in [0.25, 0.3) is 22.8 Å². The quantitative estimate of drug-likeness (QED) is 0.397. The van der Waals surface area contributed by atoms with E-state index in [0.29, 0.717) is 30.3 Å². The molecule has 4 rings (SSSR count). The Labute approximate surface area is 202 Å². The lowest BCUT2D eigenvalue weighted by atomic mass is 10.1. The third kappa shape index (κ3) is 5.40. The van der Waals surface area contributed by atoms with Gasteiger partial charge in [-0.1, -0.05) is 35.5 Å². The van der Waals surface area contributed by atoms with Crippen molar-refractivity contribution in [3.8, 4) is 34.3 Å². The van der Waals surface area contributed by atoms with E-state index in [1.807, 2.05) is 49.4 Å². The van der Waals surface area contributed by atoms with Crippen LogP contribution in [0, 0.1) is 6.92 Å². The average molecular weight is 475 g/mol. The maximum atomic E-state index is 13.0. The number of carbonyl (C=O) groups is 1. The van der Waals surface area contributed by atoms with Gasteiger partial charge in [-0.3, -0.25) is 9.59 Å². The third-order valence-corrected chi connectivity index (χ3v) is 5.56. The molecule has 9 nitrogen and oxygen atoms in total. The van der Waals surface area contributed by atoms with E-state index < -0.39 is 0 Å². The fourth-order valence-electron chi connectivity index (χ4n) is 3.68. The normalized spacial score (nSPS) is 10.7. The van der Waals surface area contributed by atoms with E-state index in [9.17, 15) is 9.59 Å². The predicted molar refractivity (Wildman–Crippen MR) is 130 cm³/mol. The van der Waals surface area contributed by atoms with Crippen molar-refractivity contribution in [2.75, 3.05) is 20.8 Å². The number of pyridine rings is 1. The maximum Gasteiger partial charge on any atom is 0.263 e. The van der Waals surface area contributed by atoms with Crippen LogP contribution in [0.5, 0.6) is 11.5 Å². The van der Waals surface area contributed by atoms with Crippen molar-refractivity contribution in [1.29, 1.82) is 0 Å². The number of methoxy groups -OCH3 is 2. The predicted octanol–water partition coefficient (Wildman–Crippen LogP) is 3.25. The van der Waals surface area contributed by atoms with E-state index in [4.69, 9.17) is 14.0 Å². The van der Waals surface area contributed by atoms with E-state index in [0.717, 1.165) is 16.7 Å². The average Bonchev–Trinajstić information content (AvgIpc) is 3.35. The Morgan fingerprint density at radius 3 is 2.57 bits per heavy atom. The third-order valence-electron chi connectivity index (χ3n) is 5.56. The summed E-state index contributed by atoms with van der Waals surface area (Å²) in [5.41, 5.74) is 2.66. The second-order valence-electron chi connectivity index (χ2n) is 7.88. The second-order valence-corrected chi connectivity index (χ2v) is 7.88. The van der Waals surface area contributed by atoms with Crippen LogP contribution in [-0.2, 0) is 17.8 Å². The van der Waals surface area contributed by atoms with Crippen molar-refractivity contribution in [1.82, 2.24) is 20.0 Å². The van der Waals surface area contributed by atoms with Gasteiger partial charge in [0.1, 0.15) is 12.1 Å². The summed E-state index contributed by atoms with van der Waals surface area (Å²) in [5.74, 6) is 1.51. The molecule has 0 saturated carbocycles. The minimum atomic E-state index is -0.387. The van der Waals surface area contributed by atoms with Gasteiger partial charge in [-0.15, -0.1) is 0 Å². The number of nitrogens with zero attached hydrogens (tertiary/aromatic N) is 3. The lowest BCUT2D eigenvalue weighted by molar-refractivity contribution is -0.121. The summed E-state index contributed by atoms with van der Waals surface area (Å²) in [6, 6.07) is 16.5. The molecule has 4 aromatic rings. The van der Waals surface area contributed by atoms with E-state index in [-0.39, 0.29) is 29.5 Å². The molecule has 1 N–H and O–H groups in total. The van der Waals surface area contributed by atoms with Crippen LogP contribution in [-0.4, -0.2) is 41.4 Å². The first kappa shape index (κ1) is 23.7. The second kappa shape index (κ2) is 10.7. The Bertz CT molecular complexity index is 1390. The van der Waals surface area contributed by atoms with Gasteiger partial charge in [-0.05, 0) is 48.7 Å². The molecule has 0 radical (unpaired) electrons. The van der Waals surface area contributed by atoms with Gasteiger partial charge in [0.15, 0.2) is 11.5 Å². The number of carbonyl (C=O) groups excluding carboxylic acids is 1. The van der Waals surface area contributed by atoms with Crippen molar-refractivity contribution in [2.24, 2.45) is 0 Å². The van der Waals surface area contributed by atoms with Gasteiger partial charge in [0.05, 0.1) is 14.2 Å². The van der Waals surface area contributed by atoms with Crippen LogP contribution >= 0.6 is 0 Å². The monoisotopic (exact) mass is 474 g/mol. The van der Waals surface area contributed by atoms with Crippen LogP contribution < -0.4 is 20.3 Å². The van der Waals surface area contributed by atoms with E-state index in [1.165, 1.54) is 4.57 Å². The molecule has 0 spiro atoms. The maximum absolute atomic E-state index is 13.0. The van der Waals surface area contributed by atoms with Crippen LogP contribution in [0.15, 0.2) is 70.1 Å². The molecule has 0 unspecified atom stereocenters. The highest BCUT2D eigenvalue weighted by Crippen LogP contribution is 2.27. The number of aryl methyl sites for hydroxylation is 1. The van der Waals surface area contributed by atoms with E-state index >= 15 is 0 Å². The molecule has 0 aliphatic heterocycles. The number of amides is 1. The summed E-state index contributed by atoms with van der Waals surface area (Å²) in [6.45, 7) is 2.23. The van der Waals surface area contributed by atoms with Gasteiger partial charge in [-0.2, -0.15) is 4.98 Å². The summed E-state index contributed by atoms with van der Waals surface area (Å²) in [7, 11) is 3.16. The molecule has 35 heavy (non-hydrogen) atoms. The zero-order valence-corrected chi connectivity index (χ0v) is 19.8. The molecule has 2 aromatic heterocycles. The molecule has 0 aliphatic rings. The summed E-state index contributed by atoms with van der Waals surface area (Å²) in [4.78, 5) is 29.9. The molecule has 0 fully saturated rings. The molecule has 9 heteroatoms. The van der Waals surface area contributed by atoms with Crippen LogP contribution in [0.2, 0.25) is 0 Å². The Balaban J connectivity index is 1.41. The Hall–Kier alpha value is -4.40. The molecule has 0 atom stereocenters. The largest absolute Gasteiger partial charge is 0.493 e. The number of aromatic nitrogens is 3. The van der Waals surface area contributed by atoms with Gasteiger partial charge in [0, 0.05) is 18.3 Å². The molecule has 1 amide bonds. The summed E-state index contributed by atoms with van der Waals surface area (Å²) < 4.78 is 17.2.